The van der Waals surface area contributed by atoms with Gasteiger partial charge in [0.1, 0.15) is 6.10 Å². The average Bonchev–Trinajstić information content (AvgIpc) is 2.58. The molecule has 1 aromatic rings. The number of rotatable bonds is 3. The molecule has 0 bridgehead atoms. The molecule has 0 saturated carbocycles. The first-order chi connectivity index (χ1) is 8.11. The molecule has 0 spiro atoms. The average molecular weight is 234 g/mol. The summed E-state index contributed by atoms with van der Waals surface area (Å²) in [5.41, 5.74) is 8.08. The van der Waals surface area contributed by atoms with Gasteiger partial charge in [0.15, 0.2) is 0 Å². The van der Waals surface area contributed by atoms with Crippen LogP contribution in [0.3, 0.4) is 0 Å². The van der Waals surface area contributed by atoms with E-state index in [0.29, 0.717) is 6.54 Å². The number of cyclic esters (lactones) is 1. The summed E-state index contributed by atoms with van der Waals surface area (Å²) in [5, 5.41) is 0. The highest BCUT2D eigenvalue weighted by atomic mass is 16.6. The lowest BCUT2D eigenvalue weighted by atomic mass is 10.0. The van der Waals surface area contributed by atoms with Crippen molar-refractivity contribution in [3.05, 3.63) is 35.4 Å². The maximum Gasteiger partial charge on any atom is 0.410 e. The molecule has 0 radical (unpaired) electrons. The Kier molecular flexibility index (Phi) is 3.33. The number of carbonyl (C=O) groups excluding carboxylic acids is 1. The highest BCUT2D eigenvalue weighted by Crippen LogP contribution is 2.20. The highest BCUT2D eigenvalue weighted by Gasteiger charge is 2.38. The van der Waals surface area contributed by atoms with Gasteiger partial charge in [-0.25, -0.2) is 4.79 Å². The standard InChI is InChI=1S/C13H18N2O2/c1-9-3-5-10(6-4-9)7-12-11(8-14)15(2)13(16)17-12/h3-6,11-12H,7-8,14H2,1-2H3. The number of nitrogens with zero attached hydrogens (tertiary/aromatic N) is 1. The van der Waals surface area contributed by atoms with Crippen LogP contribution in [-0.2, 0) is 11.2 Å². The summed E-state index contributed by atoms with van der Waals surface area (Å²) in [4.78, 5) is 13.0. The minimum atomic E-state index is -0.280. The first-order valence-electron chi connectivity index (χ1n) is 5.81. The van der Waals surface area contributed by atoms with Gasteiger partial charge in [0.05, 0.1) is 6.04 Å². The summed E-state index contributed by atoms with van der Waals surface area (Å²) in [7, 11) is 1.73. The Labute approximate surface area is 101 Å². The monoisotopic (exact) mass is 234 g/mol. The van der Waals surface area contributed by atoms with Crippen molar-refractivity contribution in [3.63, 3.8) is 0 Å². The van der Waals surface area contributed by atoms with Crippen LogP contribution >= 0.6 is 0 Å². The Morgan fingerprint density at radius 3 is 2.59 bits per heavy atom. The normalized spacial score (nSPS) is 23.9. The highest BCUT2D eigenvalue weighted by molar-refractivity contribution is 5.70. The van der Waals surface area contributed by atoms with Crippen LogP contribution < -0.4 is 5.73 Å². The Hall–Kier alpha value is -1.55. The number of hydrogen-bond acceptors (Lipinski definition) is 3. The van der Waals surface area contributed by atoms with E-state index in [9.17, 15) is 4.79 Å². The van der Waals surface area contributed by atoms with E-state index in [1.165, 1.54) is 11.1 Å². The molecule has 2 N–H and O–H groups in total. The molecule has 4 nitrogen and oxygen atoms in total. The Balaban J connectivity index is 2.08. The van der Waals surface area contributed by atoms with E-state index >= 15 is 0 Å². The summed E-state index contributed by atoms with van der Waals surface area (Å²) < 4.78 is 5.32. The number of amides is 1. The fraction of sp³-hybridized carbons (Fsp3) is 0.462. The zero-order chi connectivity index (χ0) is 12.4. The Morgan fingerprint density at radius 2 is 2.00 bits per heavy atom. The quantitative estimate of drug-likeness (QED) is 0.858. The van der Waals surface area contributed by atoms with Gasteiger partial charge in [-0.05, 0) is 12.5 Å². The maximum atomic E-state index is 11.4. The van der Waals surface area contributed by atoms with E-state index in [1.807, 2.05) is 0 Å². The van der Waals surface area contributed by atoms with Gasteiger partial charge in [-0.1, -0.05) is 29.8 Å². The molecular formula is C13H18N2O2. The molecule has 92 valence electrons. The van der Waals surface area contributed by atoms with Crippen molar-refractivity contribution in [2.45, 2.75) is 25.5 Å². The fourth-order valence-electron chi connectivity index (χ4n) is 2.12. The minimum absolute atomic E-state index is 0.0243. The summed E-state index contributed by atoms with van der Waals surface area (Å²) in [5.74, 6) is 0. The van der Waals surface area contributed by atoms with Crippen LogP contribution in [0, 0.1) is 6.92 Å². The molecule has 2 rings (SSSR count). The maximum absolute atomic E-state index is 11.4. The van der Waals surface area contributed by atoms with Crippen molar-refractivity contribution >= 4 is 6.09 Å². The van der Waals surface area contributed by atoms with Gasteiger partial charge in [0.25, 0.3) is 0 Å². The zero-order valence-corrected chi connectivity index (χ0v) is 10.2. The number of nitrogens with two attached hydrogens (primary N) is 1. The molecule has 1 heterocycles. The van der Waals surface area contributed by atoms with Crippen molar-refractivity contribution in [1.82, 2.24) is 4.90 Å². The van der Waals surface area contributed by atoms with E-state index < -0.39 is 0 Å². The number of aryl methyl sites for hydroxylation is 1. The van der Waals surface area contributed by atoms with Crippen LogP contribution in [0.15, 0.2) is 24.3 Å². The predicted molar refractivity (Wildman–Crippen MR) is 65.8 cm³/mol. The molecule has 1 amide bonds. The smallest absolute Gasteiger partial charge is 0.410 e. The molecule has 1 aliphatic heterocycles. The van der Waals surface area contributed by atoms with Crippen LogP contribution in [0.4, 0.5) is 4.79 Å². The van der Waals surface area contributed by atoms with E-state index in [1.54, 1.807) is 11.9 Å². The molecular weight excluding hydrogens is 216 g/mol. The topological polar surface area (TPSA) is 55.6 Å². The fourth-order valence-corrected chi connectivity index (χ4v) is 2.12. The second-order valence-corrected chi connectivity index (χ2v) is 4.53. The van der Waals surface area contributed by atoms with Crippen LogP contribution in [-0.4, -0.2) is 36.7 Å². The number of likely N-dealkylation sites (N-methyl/N-ethyl adjacent to an activating group) is 1. The summed E-state index contributed by atoms with van der Waals surface area (Å²) in [6.45, 7) is 2.48. The molecule has 17 heavy (non-hydrogen) atoms. The second-order valence-electron chi connectivity index (χ2n) is 4.53. The number of benzene rings is 1. The third-order valence-corrected chi connectivity index (χ3v) is 3.27. The van der Waals surface area contributed by atoms with Crippen molar-refractivity contribution in [1.29, 1.82) is 0 Å². The van der Waals surface area contributed by atoms with Gasteiger partial charge in [0.2, 0.25) is 0 Å². The van der Waals surface area contributed by atoms with E-state index in [2.05, 4.69) is 31.2 Å². The van der Waals surface area contributed by atoms with E-state index in [0.717, 1.165) is 6.42 Å². The van der Waals surface area contributed by atoms with Gasteiger partial charge in [0, 0.05) is 20.0 Å². The van der Waals surface area contributed by atoms with Crippen LogP contribution in [0.1, 0.15) is 11.1 Å². The molecule has 2 unspecified atom stereocenters. The van der Waals surface area contributed by atoms with Crippen LogP contribution in [0.5, 0.6) is 0 Å². The molecule has 1 aliphatic rings. The zero-order valence-electron chi connectivity index (χ0n) is 10.2. The van der Waals surface area contributed by atoms with Gasteiger partial charge >= 0.3 is 6.09 Å². The van der Waals surface area contributed by atoms with E-state index in [-0.39, 0.29) is 18.2 Å². The van der Waals surface area contributed by atoms with Crippen molar-refractivity contribution in [2.75, 3.05) is 13.6 Å². The summed E-state index contributed by atoms with van der Waals surface area (Å²) in [6, 6.07) is 8.23. The second kappa shape index (κ2) is 4.75. The predicted octanol–water partition coefficient (Wildman–Crippen LogP) is 1.32. The summed E-state index contributed by atoms with van der Waals surface area (Å²) in [6.07, 6.45) is 0.302. The molecule has 1 aromatic carbocycles. The summed E-state index contributed by atoms with van der Waals surface area (Å²) >= 11 is 0. The number of ether oxygens (including phenoxy) is 1. The van der Waals surface area contributed by atoms with E-state index in [4.69, 9.17) is 10.5 Å². The lowest BCUT2D eigenvalue weighted by molar-refractivity contribution is 0.130. The largest absolute Gasteiger partial charge is 0.443 e. The third-order valence-electron chi connectivity index (χ3n) is 3.27. The third kappa shape index (κ3) is 2.42. The Bertz CT molecular complexity index is 402. The molecule has 1 fully saturated rings. The van der Waals surface area contributed by atoms with Crippen LogP contribution in [0.2, 0.25) is 0 Å². The van der Waals surface area contributed by atoms with Crippen LogP contribution in [0.25, 0.3) is 0 Å². The van der Waals surface area contributed by atoms with Crippen molar-refractivity contribution in [2.24, 2.45) is 5.73 Å². The molecule has 0 aromatic heterocycles. The Morgan fingerprint density at radius 1 is 1.35 bits per heavy atom. The van der Waals surface area contributed by atoms with Crippen molar-refractivity contribution in [3.8, 4) is 0 Å². The van der Waals surface area contributed by atoms with Gasteiger partial charge < -0.3 is 15.4 Å². The van der Waals surface area contributed by atoms with Gasteiger partial charge in [-0.2, -0.15) is 0 Å². The molecule has 4 heteroatoms. The number of hydrogen-bond donors (Lipinski definition) is 1. The first kappa shape index (κ1) is 11.9. The number of carbonyl (C=O) groups is 1. The molecule has 0 aliphatic carbocycles. The lowest BCUT2D eigenvalue weighted by Gasteiger charge is -2.19. The lowest BCUT2D eigenvalue weighted by Crippen LogP contribution is -2.40. The minimum Gasteiger partial charge on any atom is -0.443 e. The molecule has 1 saturated heterocycles. The molecule has 2 atom stereocenters. The van der Waals surface area contributed by atoms with Crippen molar-refractivity contribution < 1.29 is 9.53 Å². The van der Waals surface area contributed by atoms with Gasteiger partial charge in [-0.15, -0.1) is 0 Å². The first-order valence-corrected chi connectivity index (χ1v) is 5.81. The SMILES string of the molecule is Cc1ccc(CC2OC(=O)N(C)C2CN)cc1. The van der Waals surface area contributed by atoms with Gasteiger partial charge in [-0.3, -0.25) is 0 Å².